The molecule has 2 aromatic rings. The number of benzene rings is 2. The van der Waals surface area contributed by atoms with Crippen LogP contribution in [-0.2, 0) is 0 Å². The summed E-state index contributed by atoms with van der Waals surface area (Å²) < 4.78 is 14.3. The molecule has 0 aliphatic carbocycles. The second-order valence-corrected chi connectivity index (χ2v) is 5.38. The van der Waals surface area contributed by atoms with E-state index in [1.165, 1.54) is 11.1 Å². The van der Waals surface area contributed by atoms with Crippen LogP contribution in [-0.4, -0.2) is 6.54 Å². The molecule has 0 spiro atoms. The van der Waals surface area contributed by atoms with Gasteiger partial charge in [-0.3, -0.25) is 0 Å². The summed E-state index contributed by atoms with van der Waals surface area (Å²) in [6, 6.07) is 11.7. The monoisotopic (exact) mass is 271 g/mol. The Labute approximate surface area is 120 Å². The van der Waals surface area contributed by atoms with Gasteiger partial charge in [0.1, 0.15) is 5.82 Å². The number of halogens is 1. The van der Waals surface area contributed by atoms with Gasteiger partial charge in [0.2, 0.25) is 0 Å². The average Bonchev–Trinajstić information content (AvgIpc) is 2.40. The van der Waals surface area contributed by atoms with Crippen molar-refractivity contribution in [3.8, 4) is 0 Å². The van der Waals surface area contributed by atoms with E-state index >= 15 is 0 Å². The molecule has 0 aromatic heterocycles. The quantitative estimate of drug-likeness (QED) is 0.866. The molecule has 2 rings (SSSR count). The third-order valence-electron chi connectivity index (χ3n) is 3.62. The minimum Gasteiger partial charge on any atom is -0.306 e. The van der Waals surface area contributed by atoms with Crippen molar-refractivity contribution in [3.63, 3.8) is 0 Å². The maximum atomic E-state index is 14.3. The maximum Gasteiger partial charge on any atom is 0.128 e. The zero-order chi connectivity index (χ0) is 14.7. The molecule has 20 heavy (non-hydrogen) atoms. The van der Waals surface area contributed by atoms with Gasteiger partial charge in [-0.15, -0.1) is 0 Å². The first-order valence-corrected chi connectivity index (χ1v) is 7.09. The Morgan fingerprint density at radius 3 is 2.25 bits per heavy atom. The van der Waals surface area contributed by atoms with Crippen molar-refractivity contribution in [2.45, 2.75) is 33.7 Å². The van der Waals surface area contributed by atoms with Gasteiger partial charge in [0.15, 0.2) is 0 Å². The third-order valence-corrected chi connectivity index (χ3v) is 3.62. The molecule has 0 saturated carbocycles. The van der Waals surface area contributed by atoms with E-state index in [0.29, 0.717) is 5.56 Å². The van der Waals surface area contributed by atoms with Crippen molar-refractivity contribution in [2.24, 2.45) is 0 Å². The molecule has 2 heteroatoms. The Bertz CT molecular complexity index is 604. The van der Waals surface area contributed by atoms with Crippen LogP contribution in [0.2, 0.25) is 0 Å². The molecule has 0 saturated heterocycles. The first kappa shape index (κ1) is 14.7. The smallest absolute Gasteiger partial charge is 0.128 e. The van der Waals surface area contributed by atoms with Crippen LogP contribution in [0.3, 0.4) is 0 Å². The molecule has 0 radical (unpaired) electrons. The number of hydrogen-bond donors (Lipinski definition) is 1. The molecule has 1 atom stereocenters. The highest BCUT2D eigenvalue weighted by Gasteiger charge is 2.18. The number of aryl methyl sites for hydroxylation is 3. The van der Waals surface area contributed by atoms with E-state index in [-0.39, 0.29) is 11.9 Å². The predicted molar refractivity (Wildman–Crippen MR) is 82.6 cm³/mol. The van der Waals surface area contributed by atoms with Crippen LogP contribution >= 0.6 is 0 Å². The van der Waals surface area contributed by atoms with Crippen molar-refractivity contribution in [2.75, 3.05) is 6.54 Å². The zero-order valence-corrected chi connectivity index (χ0v) is 12.6. The summed E-state index contributed by atoms with van der Waals surface area (Å²) in [7, 11) is 0. The summed E-state index contributed by atoms with van der Waals surface area (Å²) in [5.74, 6) is -0.142. The fourth-order valence-corrected chi connectivity index (χ4v) is 2.53. The van der Waals surface area contributed by atoms with Gasteiger partial charge in [0, 0.05) is 5.56 Å². The lowest BCUT2D eigenvalue weighted by Crippen LogP contribution is -2.24. The molecule has 2 aromatic carbocycles. The van der Waals surface area contributed by atoms with Crippen molar-refractivity contribution in [3.05, 3.63) is 70.0 Å². The average molecular weight is 271 g/mol. The highest BCUT2D eigenvalue weighted by atomic mass is 19.1. The summed E-state index contributed by atoms with van der Waals surface area (Å²) in [6.45, 7) is 8.89. The van der Waals surface area contributed by atoms with Gasteiger partial charge in [-0.1, -0.05) is 42.8 Å². The Morgan fingerprint density at radius 2 is 1.60 bits per heavy atom. The van der Waals surface area contributed by atoms with Gasteiger partial charge in [-0.05, 0) is 50.1 Å². The first-order chi connectivity index (χ1) is 9.52. The highest BCUT2D eigenvalue weighted by Crippen LogP contribution is 2.28. The summed E-state index contributed by atoms with van der Waals surface area (Å²) in [4.78, 5) is 0. The molecule has 106 valence electrons. The molecule has 0 bridgehead atoms. The van der Waals surface area contributed by atoms with Crippen LogP contribution in [0.1, 0.15) is 40.8 Å². The van der Waals surface area contributed by atoms with E-state index in [2.05, 4.69) is 37.4 Å². The van der Waals surface area contributed by atoms with E-state index in [4.69, 9.17) is 0 Å². The van der Waals surface area contributed by atoms with Gasteiger partial charge in [-0.2, -0.15) is 0 Å². The summed E-state index contributed by atoms with van der Waals surface area (Å²) >= 11 is 0. The fourth-order valence-electron chi connectivity index (χ4n) is 2.53. The summed E-state index contributed by atoms with van der Waals surface area (Å²) in [6.07, 6.45) is 0. The molecular formula is C18H22FN. The van der Waals surface area contributed by atoms with Crippen molar-refractivity contribution in [1.82, 2.24) is 5.32 Å². The van der Waals surface area contributed by atoms with Crippen LogP contribution in [0, 0.1) is 26.6 Å². The standard InChI is InChI=1S/C18H22FN/c1-5-20-18(15-9-7-13(3)11-17(15)19)16-10-12(2)6-8-14(16)4/h6-11,18,20H,5H2,1-4H3. The van der Waals surface area contributed by atoms with Crippen LogP contribution in [0.5, 0.6) is 0 Å². The van der Waals surface area contributed by atoms with Crippen molar-refractivity contribution >= 4 is 0 Å². The lowest BCUT2D eigenvalue weighted by Gasteiger charge is -2.22. The second-order valence-electron chi connectivity index (χ2n) is 5.38. The minimum atomic E-state index is -0.142. The van der Waals surface area contributed by atoms with Crippen LogP contribution in [0.15, 0.2) is 36.4 Å². The first-order valence-electron chi connectivity index (χ1n) is 7.09. The topological polar surface area (TPSA) is 12.0 Å². The number of hydrogen-bond acceptors (Lipinski definition) is 1. The van der Waals surface area contributed by atoms with E-state index in [1.54, 1.807) is 6.07 Å². The van der Waals surface area contributed by atoms with Crippen LogP contribution in [0.4, 0.5) is 4.39 Å². The second kappa shape index (κ2) is 6.19. The molecule has 0 aliphatic rings. The molecule has 1 unspecified atom stereocenters. The largest absolute Gasteiger partial charge is 0.306 e. The molecule has 1 nitrogen and oxygen atoms in total. The lowest BCUT2D eigenvalue weighted by atomic mass is 9.92. The SMILES string of the molecule is CCNC(c1cc(C)ccc1C)c1ccc(C)cc1F. The van der Waals surface area contributed by atoms with E-state index in [9.17, 15) is 4.39 Å². The Morgan fingerprint density at radius 1 is 0.950 bits per heavy atom. The van der Waals surface area contributed by atoms with Crippen LogP contribution in [0.25, 0.3) is 0 Å². The maximum absolute atomic E-state index is 14.3. The van der Waals surface area contributed by atoms with E-state index < -0.39 is 0 Å². The molecule has 0 fully saturated rings. The molecule has 0 heterocycles. The lowest BCUT2D eigenvalue weighted by molar-refractivity contribution is 0.557. The third kappa shape index (κ3) is 3.07. The number of nitrogens with one attached hydrogen (secondary N) is 1. The Kier molecular flexibility index (Phi) is 4.56. The van der Waals surface area contributed by atoms with Gasteiger partial charge in [0.25, 0.3) is 0 Å². The molecular weight excluding hydrogens is 249 g/mol. The molecule has 0 amide bonds. The van der Waals surface area contributed by atoms with Gasteiger partial charge >= 0.3 is 0 Å². The van der Waals surface area contributed by atoms with Gasteiger partial charge < -0.3 is 5.32 Å². The minimum absolute atomic E-state index is 0.0968. The van der Waals surface area contributed by atoms with E-state index in [0.717, 1.165) is 17.7 Å². The van der Waals surface area contributed by atoms with Gasteiger partial charge in [0.05, 0.1) is 6.04 Å². The number of rotatable bonds is 4. The summed E-state index contributed by atoms with van der Waals surface area (Å²) in [5, 5.41) is 3.40. The highest BCUT2D eigenvalue weighted by molar-refractivity contribution is 5.40. The zero-order valence-electron chi connectivity index (χ0n) is 12.6. The predicted octanol–water partition coefficient (Wildman–Crippen LogP) is 4.45. The van der Waals surface area contributed by atoms with E-state index in [1.807, 2.05) is 26.0 Å². The summed E-state index contributed by atoms with van der Waals surface area (Å²) in [5.41, 5.74) is 5.19. The molecule has 0 aliphatic heterocycles. The van der Waals surface area contributed by atoms with Crippen molar-refractivity contribution in [1.29, 1.82) is 0 Å². The Hall–Kier alpha value is -1.67. The van der Waals surface area contributed by atoms with Gasteiger partial charge in [-0.25, -0.2) is 4.39 Å². The normalized spacial score (nSPS) is 12.4. The molecule has 1 N–H and O–H groups in total. The van der Waals surface area contributed by atoms with Crippen molar-refractivity contribution < 1.29 is 4.39 Å². The Balaban J connectivity index is 2.53. The fraction of sp³-hybridized carbons (Fsp3) is 0.333. The van der Waals surface area contributed by atoms with Crippen LogP contribution < -0.4 is 5.32 Å².